The van der Waals surface area contributed by atoms with Crippen LogP contribution in [0.15, 0.2) is 18.2 Å². The zero-order valence-corrected chi connectivity index (χ0v) is 12.0. The number of nitrogens with zero attached hydrogens (tertiary/aromatic N) is 1. The van der Waals surface area contributed by atoms with Crippen LogP contribution in [0.5, 0.6) is 0 Å². The molecule has 0 aliphatic heterocycles. The molecule has 1 fully saturated rings. The molecule has 1 aromatic rings. The third-order valence-corrected chi connectivity index (χ3v) is 4.03. The maximum Gasteiger partial charge on any atom is 0.292 e. The number of aliphatic hydroxyl groups is 1. The van der Waals surface area contributed by atoms with E-state index in [-0.39, 0.29) is 5.69 Å². The minimum atomic E-state index is -0.785. The zero-order chi connectivity index (χ0) is 14.6. The molecule has 0 spiro atoms. The van der Waals surface area contributed by atoms with Crippen molar-refractivity contribution in [2.75, 3.05) is 11.9 Å². The normalized spacial score (nSPS) is 18.3. The number of nitrogens with one attached hydrogen (secondary N) is 1. The van der Waals surface area contributed by atoms with Crippen LogP contribution in [-0.2, 0) is 0 Å². The lowest BCUT2D eigenvalue weighted by molar-refractivity contribution is -0.384. The molecule has 2 rings (SSSR count). The monoisotopic (exact) mass is 298 g/mol. The minimum Gasteiger partial charge on any atom is -0.388 e. The van der Waals surface area contributed by atoms with Crippen LogP contribution < -0.4 is 5.32 Å². The molecule has 1 saturated carbocycles. The van der Waals surface area contributed by atoms with Gasteiger partial charge >= 0.3 is 0 Å². The number of nitro benzene ring substituents is 1. The Morgan fingerprint density at radius 1 is 1.30 bits per heavy atom. The Labute approximate surface area is 123 Å². The van der Waals surface area contributed by atoms with Crippen LogP contribution >= 0.6 is 11.6 Å². The van der Waals surface area contributed by atoms with Gasteiger partial charge < -0.3 is 10.4 Å². The van der Waals surface area contributed by atoms with Crippen LogP contribution in [0.25, 0.3) is 0 Å². The second kappa shape index (κ2) is 6.41. The number of anilines is 1. The molecular weight excluding hydrogens is 280 g/mol. The largest absolute Gasteiger partial charge is 0.388 e. The number of halogens is 1. The van der Waals surface area contributed by atoms with E-state index < -0.39 is 10.5 Å². The second-order valence-corrected chi connectivity index (χ2v) is 5.85. The van der Waals surface area contributed by atoms with E-state index >= 15 is 0 Å². The number of hydrogen-bond acceptors (Lipinski definition) is 4. The van der Waals surface area contributed by atoms with Gasteiger partial charge in [0, 0.05) is 17.6 Å². The summed E-state index contributed by atoms with van der Waals surface area (Å²) in [5.74, 6) is 0. The van der Waals surface area contributed by atoms with Gasteiger partial charge in [0.2, 0.25) is 0 Å². The van der Waals surface area contributed by atoms with Gasteiger partial charge in [-0.3, -0.25) is 10.1 Å². The summed E-state index contributed by atoms with van der Waals surface area (Å²) in [5.41, 5.74) is -0.445. The Balaban J connectivity index is 2.09. The summed E-state index contributed by atoms with van der Waals surface area (Å²) in [4.78, 5) is 10.5. The van der Waals surface area contributed by atoms with Crippen molar-refractivity contribution in [3.63, 3.8) is 0 Å². The maximum atomic E-state index is 11.0. The van der Waals surface area contributed by atoms with Crippen molar-refractivity contribution in [2.45, 2.75) is 44.1 Å². The van der Waals surface area contributed by atoms with E-state index in [0.717, 1.165) is 38.5 Å². The van der Waals surface area contributed by atoms with Gasteiger partial charge in [-0.05, 0) is 25.0 Å². The fourth-order valence-electron chi connectivity index (χ4n) is 2.63. The third-order valence-electron chi connectivity index (χ3n) is 3.80. The fourth-order valence-corrected chi connectivity index (χ4v) is 2.80. The van der Waals surface area contributed by atoms with Crippen LogP contribution in [-0.4, -0.2) is 22.2 Å². The summed E-state index contributed by atoms with van der Waals surface area (Å²) in [6, 6.07) is 4.40. The molecule has 0 radical (unpaired) electrons. The van der Waals surface area contributed by atoms with E-state index in [9.17, 15) is 15.2 Å². The van der Waals surface area contributed by atoms with E-state index in [1.165, 1.54) is 18.2 Å². The van der Waals surface area contributed by atoms with E-state index in [4.69, 9.17) is 11.6 Å². The van der Waals surface area contributed by atoms with Crippen LogP contribution in [0.4, 0.5) is 11.4 Å². The molecule has 0 amide bonds. The lowest BCUT2D eigenvalue weighted by atomic mass is 9.94. The molecule has 20 heavy (non-hydrogen) atoms. The van der Waals surface area contributed by atoms with Crippen molar-refractivity contribution >= 4 is 23.0 Å². The zero-order valence-electron chi connectivity index (χ0n) is 11.3. The standard InChI is InChI=1S/C14H19ClN2O3/c15-11-5-6-13(17(19)20)12(9-11)16-10-14(18)7-3-1-2-4-8-14/h5-6,9,16,18H,1-4,7-8,10H2. The molecule has 0 bridgehead atoms. The van der Waals surface area contributed by atoms with Crippen LogP contribution in [0.1, 0.15) is 38.5 Å². The van der Waals surface area contributed by atoms with Gasteiger partial charge in [0.25, 0.3) is 5.69 Å². The molecule has 1 aliphatic rings. The highest BCUT2D eigenvalue weighted by Gasteiger charge is 2.28. The Kier molecular flexibility index (Phi) is 4.83. The highest BCUT2D eigenvalue weighted by Crippen LogP contribution is 2.31. The average molecular weight is 299 g/mol. The highest BCUT2D eigenvalue weighted by atomic mass is 35.5. The second-order valence-electron chi connectivity index (χ2n) is 5.41. The number of nitro groups is 1. The maximum absolute atomic E-state index is 11.0. The van der Waals surface area contributed by atoms with Gasteiger partial charge in [0.15, 0.2) is 0 Å². The highest BCUT2D eigenvalue weighted by molar-refractivity contribution is 6.31. The molecule has 0 heterocycles. The smallest absolute Gasteiger partial charge is 0.292 e. The van der Waals surface area contributed by atoms with Crippen molar-refractivity contribution in [3.8, 4) is 0 Å². The van der Waals surface area contributed by atoms with E-state index in [1.54, 1.807) is 0 Å². The van der Waals surface area contributed by atoms with Crippen molar-refractivity contribution in [1.29, 1.82) is 0 Å². The summed E-state index contributed by atoms with van der Waals surface area (Å²) < 4.78 is 0. The number of rotatable bonds is 4. The Morgan fingerprint density at radius 2 is 1.95 bits per heavy atom. The molecular formula is C14H19ClN2O3. The Bertz CT molecular complexity index is 485. The fraction of sp³-hybridized carbons (Fsp3) is 0.571. The van der Waals surface area contributed by atoms with Gasteiger partial charge in [0.05, 0.1) is 10.5 Å². The first-order chi connectivity index (χ1) is 9.50. The van der Waals surface area contributed by atoms with Gasteiger partial charge in [-0.1, -0.05) is 37.3 Å². The lowest BCUT2D eigenvalue weighted by Gasteiger charge is -2.27. The van der Waals surface area contributed by atoms with Crippen LogP contribution in [0, 0.1) is 10.1 Å². The Hall–Kier alpha value is -1.33. The van der Waals surface area contributed by atoms with Crippen molar-refractivity contribution in [1.82, 2.24) is 0 Å². The average Bonchev–Trinajstić information content (AvgIpc) is 2.62. The predicted octanol–water partition coefficient (Wildman–Crippen LogP) is 3.75. The first-order valence-corrected chi connectivity index (χ1v) is 7.28. The predicted molar refractivity (Wildman–Crippen MR) is 79.2 cm³/mol. The van der Waals surface area contributed by atoms with Gasteiger partial charge in [-0.25, -0.2) is 0 Å². The number of benzene rings is 1. The number of hydrogen-bond donors (Lipinski definition) is 2. The third kappa shape index (κ3) is 3.84. The first kappa shape index (κ1) is 15.1. The molecule has 2 N–H and O–H groups in total. The van der Waals surface area contributed by atoms with E-state index in [2.05, 4.69) is 5.32 Å². The Morgan fingerprint density at radius 3 is 2.55 bits per heavy atom. The molecule has 110 valence electrons. The SMILES string of the molecule is O=[N+]([O-])c1ccc(Cl)cc1NCC1(O)CCCCCC1. The first-order valence-electron chi connectivity index (χ1n) is 6.90. The summed E-state index contributed by atoms with van der Waals surface area (Å²) >= 11 is 5.88. The summed E-state index contributed by atoms with van der Waals surface area (Å²) in [6.07, 6.45) is 5.73. The summed E-state index contributed by atoms with van der Waals surface area (Å²) in [7, 11) is 0. The van der Waals surface area contributed by atoms with Gasteiger partial charge in [-0.15, -0.1) is 0 Å². The molecule has 6 heteroatoms. The molecule has 0 aromatic heterocycles. The van der Waals surface area contributed by atoms with Gasteiger partial charge in [-0.2, -0.15) is 0 Å². The molecule has 1 aromatic carbocycles. The lowest BCUT2D eigenvalue weighted by Crippen LogP contribution is -2.36. The van der Waals surface area contributed by atoms with Crippen LogP contribution in [0.3, 0.4) is 0 Å². The molecule has 0 unspecified atom stereocenters. The van der Waals surface area contributed by atoms with E-state index in [1.807, 2.05) is 0 Å². The van der Waals surface area contributed by atoms with Gasteiger partial charge in [0.1, 0.15) is 5.69 Å². The molecule has 0 atom stereocenters. The quantitative estimate of drug-likeness (QED) is 0.504. The summed E-state index contributed by atoms with van der Waals surface area (Å²) in [5, 5.41) is 25.0. The molecule has 0 saturated heterocycles. The van der Waals surface area contributed by atoms with Crippen molar-refractivity contribution < 1.29 is 10.0 Å². The molecule has 5 nitrogen and oxygen atoms in total. The van der Waals surface area contributed by atoms with Crippen molar-refractivity contribution in [3.05, 3.63) is 33.3 Å². The van der Waals surface area contributed by atoms with Crippen LogP contribution in [0.2, 0.25) is 5.02 Å². The van der Waals surface area contributed by atoms with Crippen molar-refractivity contribution in [2.24, 2.45) is 0 Å². The topological polar surface area (TPSA) is 75.4 Å². The minimum absolute atomic E-state index is 0.0216. The summed E-state index contributed by atoms with van der Waals surface area (Å²) in [6.45, 7) is 0.314. The van der Waals surface area contributed by atoms with E-state index in [0.29, 0.717) is 17.3 Å². The molecule has 1 aliphatic carbocycles.